The molecule has 0 aromatic heterocycles. The van der Waals surface area contributed by atoms with E-state index in [2.05, 4.69) is 10.2 Å². The summed E-state index contributed by atoms with van der Waals surface area (Å²) in [7, 11) is 2.02. The molecule has 0 radical (unpaired) electrons. The van der Waals surface area contributed by atoms with Gasteiger partial charge in [-0.3, -0.25) is 4.79 Å². The van der Waals surface area contributed by atoms with Crippen LogP contribution < -0.4 is 5.32 Å². The lowest BCUT2D eigenvalue weighted by Gasteiger charge is -2.36. The van der Waals surface area contributed by atoms with Gasteiger partial charge >= 0.3 is 5.97 Å². The fraction of sp³-hybridized carbons (Fsp3) is 0.909. The third-order valence-electron chi connectivity index (χ3n) is 3.11. The SMILES string of the molecule is CCCNC(CN(C)C1CCC1)C(=O)O. The number of hydrogen-bond donors (Lipinski definition) is 2. The van der Waals surface area contributed by atoms with Gasteiger partial charge in [0.1, 0.15) is 6.04 Å². The molecule has 0 heterocycles. The number of rotatable bonds is 7. The molecule has 15 heavy (non-hydrogen) atoms. The molecule has 0 aliphatic heterocycles. The van der Waals surface area contributed by atoms with Gasteiger partial charge in [0.2, 0.25) is 0 Å². The van der Waals surface area contributed by atoms with Crippen molar-refractivity contribution in [1.29, 1.82) is 0 Å². The van der Waals surface area contributed by atoms with Crippen LogP contribution in [0.25, 0.3) is 0 Å². The summed E-state index contributed by atoms with van der Waals surface area (Å²) in [5.41, 5.74) is 0. The Morgan fingerprint density at radius 2 is 2.27 bits per heavy atom. The predicted molar refractivity (Wildman–Crippen MR) is 60.0 cm³/mol. The third-order valence-corrected chi connectivity index (χ3v) is 3.11. The van der Waals surface area contributed by atoms with Gasteiger partial charge in [-0.05, 0) is 32.9 Å². The molecule has 0 amide bonds. The summed E-state index contributed by atoms with van der Waals surface area (Å²) in [5, 5.41) is 12.1. The second-order valence-corrected chi connectivity index (χ2v) is 4.37. The van der Waals surface area contributed by atoms with Crippen molar-refractivity contribution < 1.29 is 9.90 Å². The minimum atomic E-state index is -0.741. The van der Waals surface area contributed by atoms with Gasteiger partial charge in [-0.25, -0.2) is 0 Å². The summed E-state index contributed by atoms with van der Waals surface area (Å²) < 4.78 is 0. The average molecular weight is 214 g/mol. The molecule has 1 aliphatic carbocycles. The maximum atomic E-state index is 11.0. The molecule has 0 aromatic rings. The van der Waals surface area contributed by atoms with E-state index >= 15 is 0 Å². The van der Waals surface area contributed by atoms with Gasteiger partial charge in [-0.2, -0.15) is 0 Å². The second kappa shape index (κ2) is 6.08. The van der Waals surface area contributed by atoms with E-state index in [9.17, 15) is 4.79 Å². The lowest BCUT2D eigenvalue weighted by molar-refractivity contribution is -0.140. The fourth-order valence-corrected chi connectivity index (χ4v) is 1.81. The molecule has 1 atom stereocenters. The van der Waals surface area contributed by atoms with Crippen LogP contribution in [0.5, 0.6) is 0 Å². The van der Waals surface area contributed by atoms with Gasteiger partial charge in [0, 0.05) is 12.6 Å². The normalized spacial score (nSPS) is 18.9. The van der Waals surface area contributed by atoms with Gasteiger partial charge < -0.3 is 15.3 Å². The van der Waals surface area contributed by atoms with Crippen molar-refractivity contribution in [2.75, 3.05) is 20.1 Å². The Kier molecular flexibility index (Phi) is 5.05. The molecule has 4 heteroatoms. The molecule has 88 valence electrons. The first-order chi connectivity index (χ1) is 7.15. The van der Waals surface area contributed by atoms with E-state index in [0.717, 1.165) is 13.0 Å². The Morgan fingerprint density at radius 1 is 1.60 bits per heavy atom. The molecule has 0 bridgehead atoms. The highest BCUT2D eigenvalue weighted by molar-refractivity contribution is 5.73. The van der Waals surface area contributed by atoms with Crippen LogP contribution in [0.15, 0.2) is 0 Å². The molecular formula is C11H22N2O2. The largest absolute Gasteiger partial charge is 0.480 e. The Bertz CT molecular complexity index is 205. The van der Waals surface area contributed by atoms with Crippen LogP contribution in [0.2, 0.25) is 0 Å². The third kappa shape index (κ3) is 3.80. The molecule has 1 rings (SSSR count). The molecule has 2 N–H and O–H groups in total. The molecule has 1 unspecified atom stereocenters. The van der Waals surface area contributed by atoms with E-state index in [1.165, 1.54) is 19.3 Å². The van der Waals surface area contributed by atoms with Crippen molar-refractivity contribution in [2.45, 2.75) is 44.7 Å². The lowest BCUT2D eigenvalue weighted by Crippen LogP contribution is -2.49. The zero-order valence-corrected chi connectivity index (χ0v) is 9.70. The minimum Gasteiger partial charge on any atom is -0.480 e. The van der Waals surface area contributed by atoms with Gasteiger partial charge in [0.05, 0.1) is 0 Å². The highest BCUT2D eigenvalue weighted by atomic mass is 16.4. The average Bonchev–Trinajstić information content (AvgIpc) is 2.08. The van der Waals surface area contributed by atoms with Crippen molar-refractivity contribution in [3.63, 3.8) is 0 Å². The second-order valence-electron chi connectivity index (χ2n) is 4.37. The summed E-state index contributed by atoms with van der Waals surface area (Å²) in [5.74, 6) is -0.741. The number of aliphatic carboxylic acids is 1. The maximum absolute atomic E-state index is 11.0. The van der Waals surface area contributed by atoms with Gasteiger partial charge in [-0.1, -0.05) is 13.3 Å². The van der Waals surface area contributed by atoms with E-state index < -0.39 is 12.0 Å². The van der Waals surface area contributed by atoms with E-state index in [4.69, 9.17) is 5.11 Å². The zero-order chi connectivity index (χ0) is 11.3. The molecule has 0 saturated heterocycles. The van der Waals surface area contributed by atoms with E-state index in [1.54, 1.807) is 0 Å². The van der Waals surface area contributed by atoms with Crippen molar-refractivity contribution in [3.05, 3.63) is 0 Å². The zero-order valence-electron chi connectivity index (χ0n) is 9.70. The number of hydrogen-bond acceptors (Lipinski definition) is 3. The van der Waals surface area contributed by atoms with Gasteiger partial charge in [0.25, 0.3) is 0 Å². The van der Waals surface area contributed by atoms with Crippen molar-refractivity contribution in [2.24, 2.45) is 0 Å². The molecular weight excluding hydrogens is 192 g/mol. The first-order valence-electron chi connectivity index (χ1n) is 5.81. The standard InChI is InChI=1S/C11H22N2O2/c1-3-7-12-10(11(14)15)8-13(2)9-5-4-6-9/h9-10,12H,3-8H2,1-2H3,(H,14,15). The van der Waals surface area contributed by atoms with E-state index in [-0.39, 0.29) is 0 Å². The number of nitrogens with one attached hydrogen (secondary N) is 1. The van der Waals surface area contributed by atoms with Crippen molar-refractivity contribution in [3.8, 4) is 0 Å². The molecule has 0 aromatic carbocycles. The Labute approximate surface area is 91.6 Å². The fourth-order valence-electron chi connectivity index (χ4n) is 1.81. The van der Waals surface area contributed by atoms with Gasteiger partial charge in [0.15, 0.2) is 0 Å². The van der Waals surface area contributed by atoms with Crippen molar-refractivity contribution >= 4 is 5.97 Å². The van der Waals surface area contributed by atoms with Crippen LogP contribution in [0, 0.1) is 0 Å². The number of nitrogens with zero attached hydrogens (tertiary/aromatic N) is 1. The molecule has 1 aliphatic rings. The summed E-state index contributed by atoms with van der Waals surface area (Å²) in [6.07, 6.45) is 4.69. The molecule has 1 saturated carbocycles. The molecule has 4 nitrogen and oxygen atoms in total. The number of carboxylic acid groups (broad SMARTS) is 1. The topological polar surface area (TPSA) is 52.6 Å². The monoisotopic (exact) mass is 214 g/mol. The summed E-state index contributed by atoms with van der Waals surface area (Å²) >= 11 is 0. The highest BCUT2D eigenvalue weighted by Crippen LogP contribution is 2.23. The number of likely N-dealkylation sites (N-methyl/N-ethyl adjacent to an activating group) is 1. The van der Waals surface area contributed by atoms with E-state index in [0.29, 0.717) is 12.6 Å². The first-order valence-corrected chi connectivity index (χ1v) is 5.81. The summed E-state index contributed by atoms with van der Waals surface area (Å²) in [4.78, 5) is 13.2. The smallest absolute Gasteiger partial charge is 0.322 e. The minimum absolute atomic E-state index is 0.421. The Hall–Kier alpha value is -0.610. The van der Waals surface area contributed by atoms with Crippen LogP contribution in [0.3, 0.4) is 0 Å². The number of carbonyl (C=O) groups is 1. The summed E-state index contributed by atoms with van der Waals surface area (Å²) in [6, 6.07) is 0.186. The van der Waals surface area contributed by atoms with Crippen LogP contribution >= 0.6 is 0 Å². The molecule has 1 fully saturated rings. The number of carboxylic acids is 1. The quantitative estimate of drug-likeness (QED) is 0.662. The maximum Gasteiger partial charge on any atom is 0.322 e. The Balaban J connectivity index is 2.31. The summed E-state index contributed by atoms with van der Waals surface area (Å²) in [6.45, 7) is 3.43. The van der Waals surface area contributed by atoms with Crippen LogP contribution in [0.1, 0.15) is 32.6 Å². The van der Waals surface area contributed by atoms with Crippen LogP contribution in [0.4, 0.5) is 0 Å². The van der Waals surface area contributed by atoms with Crippen LogP contribution in [-0.2, 0) is 4.79 Å². The van der Waals surface area contributed by atoms with E-state index in [1.807, 2.05) is 14.0 Å². The Morgan fingerprint density at radius 3 is 2.67 bits per heavy atom. The van der Waals surface area contributed by atoms with Crippen LogP contribution in [-0.4, -0.2) is 48.2 Å². The van der Waals surface area contributed by atoms with Crippen molar-refractivity contribution in [1.82, 2.24) is 10.2 Å². The highest BCUT2D eigenvalue weighted by Gasteiger charge is 2.26. The first kappa shape index (κ1) is 12.5. The lowest BCUT2D eigenvalue weighted by atomic mass is 9.91. The molecule has 0 spiro atoms. The van der Waals surface area contributed by atoms with Gasteiger partial charge in [-0.15, -0.1) is 0 Å². The predicted octanol–water partition coefficient (Wildman–Crippen LogP) is 0.923.